The molecule has 0 radical (unpaired) electrons. The Morgan fingerprint density at radius 1 is 1.24 bits per heavy atom. The van der Waals surface area contributed by atoms with Gasteiger partial charge < -0.3 is 4.55 Å². The lowest BCUT2D eigenvalue weighted by atomic mass is 10.2. The average molecular weight is 416 g/mol. The van der Waals surface area contributed by atoms with E-state index in [-0.39, 0.29) is 4.75 Å². The Morgan fingerprint density at radius 2 is 1.92 bits per heavy atom. The van der Waals surface area contributed by atoms with Gasteiger partial charge in [-0.2, -0.15) is 0 Å². The van der Waals surface area contributed by atoms with Crippen molar-refractivity contribution in [2.24, 2.45) is 0 Å². The molecule has 0 spiro atoms. The highest BCUT2D eigenvalue weighted by Crippen LogP contribution is 2.39. The van der Waals surface area contributed by atoms with Crippen LogP contribution < -0.4 is 4.72 Å². The molecule has 2 rings (SSSR count). The summed E-state index contributed by atoms with van der Waals surface area (Å²) in [7, 11) is 0. The topological polar surface area (TPSA) is 52.2 Å². The van der Waals surface area contributed by atoms with Crippen LogP contribution in [-0.4, -0.2) is 15.6 Å². The molecule has 1 N–H and O–H groups in total. The van der Waals surface area contributed by atoms with Gasteiger partial charge in [-0.05, 0) is 44.5 Å². The van der Waals surface area contributed by atoms with Crippen molar-refractivity contribution in [2.45, 2.75) is 41.9 Å². The van der Waals surface area contributed by atoms with E-state index in [1.807, 2.05) is 39.0 Å². The number of rotatable bonds is 6. The summed E-state index contributed by atoms with van der Waals surface area (Å²) in [5.41, 5.74) is 1.43. The van der Waals surface area contributed by atoms with Crippen molar-refractivity contribution in [3.05, 3.63) is 57.6 Å². The third kappa shape index (κ3) is 5.64. The second kappa shape index (κ2) is 8.80. The van der Waals surface area contributed by atoms with E-state index < -0.39 is 11.4 Å². The predicted octanol–water partition coefficient (Wildman–Crippen LogP) is 5.51. The van der Waals surface area contributed by atoms with Crippen molar-refractivity contribution in [2.75, 3.05) is 0 Å². The summed E-state index contributed by atoms with van der Waals surface area (Å²) in [6, 6.07) is 10.8. The van der Waals surface area contributed by atoms with E-state index in [1.165, 1.54) is 11.8 Å². The molecule has 0 amide bonds. The van der Waals surface area contributed by atoms with Gasteiger partial charge in [0.25, 0.3) is 0 Å². The van der Waals surface area contributed by atoms with Crippen LogP contribution in [0.3, 0.4) is 0 Å². The first kappa shape index (κ1) is 20.6. The SMILES string of the molecule is CC(C)(C)[S+]([O-])NCc1cc(Cl)cc(Cl)c1Sc1ccccc1C=O. The van der Waals surface area contributed by atoms with Crippen LogP contribution in [0.1, 0.15) is 36.7 Å². The highest BCUT2D eigenvalue weighted by atomic mass is 35.5. The molecule has 0 fully saturated rings. The quantitative estimate of drug-likeness (QED) is 0.499. The zero-order chi connectivity index (χ0) is 18.6. The maximum absolute atomic E-state index is 12.3. The second-order valence-electron chi connectivity index (χ2n) is 6.34. The molecular weight excluding hydrogens is 397 g/mol. The Kier molecular flexibility index (Phi) is 7.26. The fraction of sp³-hybridized carbons (Fsp3) is 0.278. The summed E-state index contributed by atoms with van der Waals surface area (Å²) in [4.78, 5) is 12.8. The molecule has 2 aromatic carbocycles. The first-order valence-corrected chi connectivity index (χ1v) is 10.3. The molecule has 7 heteroatoms. The highest BCUT2D eigenvalue weighted by molar-refractivity contribution is 7.99. The van der Waals surface area contributed by atoms with Crippen molar-refractivity contribution >= 4 is 52.6 Å². The van der Waals surface area contributed by atoms with E-state index in [1.54, 1.807) is 18.2 Å². The van der Waals surface area contributed by atoms with Gasteiger partial charge in [0.15, 0.2) is 6.29 Å². The van der Waals surface area contributed by atoms with Gasteiger partial charge in [-0.1, -0.05) is 53.2 Å². The number of nitrogens with one attached hydrogen (secondary N) is 1. The van der Waals surface area contributed by atoms with E-state index in [0.717, 1.165) is 21.6 Å². The van der Waals surface area contributed by atoms with Crippen molar-refractivity contribution in [1.29, 1.82) is 0 Å². The van der Waals surface area contributed by atoms with Crippen LogP contribution >= 0.6 is 35.0 Å². The number of hydrogen-bond donors (Lipinski definition) is 1. The standard InChI is InChI=1S/C18H19Cl2NO2S2/c1-18(2,3)25(23)21-10-13-8-14(19)9-15(20)17(13)24-16-7-5-4-6-12(16)11-22/h4-9,11,21H,10H2,1-3H3. The smallest absolute Gasteiger partial charge is 0.151 e. The van der Waals surface area contributed by atoms with E-state index in [9.17, 15) is 9.35 Å². The zero-order valence-corrected chi connectivity index (χ0v) is 17.3. The number of benzene rings is 2. The molecule has 1 atom stereocenters. The molecule has 0 aliphatic heterocycles. The Balaban J connectivity index is 2.32. The molecule has 0 heterocycles. The van der Waals surface area contributed by atoms with Gasteiger partial charge in [0, 0.05) is 31.7 Å². The van der Waals surface area contributed by atoms with Gasteiger partial charge in [0.1, 0.15) is 4.75 Å². The fourth-order valence-corrected chi connectivity index (χ4v) is 4.39. The second-order valence-corrected chi connectivity index (χ2v) is 10.3. The molecule has 0 aliphatic rings. The molecular formula is C18H19Cl2NO2S2. The maximum atomic E-state index is 12.3. The average Bonchev–Trinajstić information content (AvgIpc) is 2.54. The third-order valence-electron chi connectivity index (χ3n) is 3.29. The minimum atomic E-state index is -1.21. The number of carbonyl (C=O) groups excluding carboxylic acids is 1. The highest BCUT2D eigenvalue weighted by Gasteiger charge is 2.26. The summed E-state index contributed by atoms with van der Waals surface area (Å²) in [6.45, 7) is 6.06. The van der Waals surface area contributed by atoms with E-state index in [4.69, 9.17) is 23.2 Å². The molecule has 0 bridgehead atoms. The van der Waals surface area contributed by atoms with Crippen LogP contribution in [0.25, 0.3) is 0 Å². The molecule has 0 aliphatic carbocycles. The zero-order valence-electron chi connectivity index (χ0n) is 14.1. The summed E-state index contributed by atoms with van der Waals surface area (Å²) in [5, 5.41) is 1.01. The summed E-state index contributed by atoms with van der Waals surface area (Å²) >= 11 is 12.7. The van der Waals surface area contributed by atoms with Crippen molar-refractivity contribution in [3.8, 4) is 0 Å². The van der Waals surface area contributed by atoms with Crippen LogP contribution in [0.4, 0.5) is 0 Å². The normalized spacial score (nSPS) is 12.9. The first-order chi connectivity index (χ1) is 11.7. The van der Waals surface area contributed by atoms with Gasteiger partial charge in [-0.25, -0.2) is 0 Å². The fourth-order valence-electron chi connectivity index (χ4n) is 2.00. The lowest BCUT2D eigenvalue weighted by Gasteiger charge is -2.24. The maximum Gasteiger partial charge on any atom is 0.151 e. The number of aldehydes is 1. The first-order valence-electron chi connectivity index (χ1n) is 7.57. The van der Waals surface area contributed by atoms with E-state index in [0.29, 0.717) is 22.2 Å². The minimum absolute atomic E-state index is 0.357. The van der Waals surface area contributed by atoms with E-state index in [2.05, 4.69) is 4.72 Å². The van der Waals surface area contributed by atoms with Gasteiger partial charge in [0.2, 0.25) is 0 Å². The molecule has 3 nitrogen and oxygen atoms in total. The van der Waals surface area contributed by atoms with Crippen molar-refractivity contribution in [1.82, 2.24) is 4.72 Å². The van der Waals surface area contributed by atoms with Gasteiger partial charge >= 0.3 is 0 Å². The monoisotopic (exact) mass is 415 g/mol. The molecule has 0 aromatic heterocycles. The molecule has 0 saturated heterocycles. The number of hydrogen-bond acceptors (Lipinski definition) is 4. The minimum Gasteiger partial charge on any atom is -0.598 e. The third-order valence-corrected chi connectivity index (χ3v) is 6.72. The van der Waals surface area contributed by atoms with Crippen LogP contribution in [0, 0.1) is 0 Å². The lowest BCUT2D eigenvalue weighted by Crippen LogP contribution is -2.39. The van der Waals surface area contributed by atoms with Crippen molar-refractivity contribution in [3.63, 3.8) is 0 Å². The molecule has 2 aromatic rings. The number of halogens is 2. The molecule has 25 heavy (non-hydrogen) atoms. The summed E-state index contributed by atoms with van der Waals surface area (Å²) < 4.78 is 14.9. The van der Waals surface area contributed by atoms with Crippen LogP contribution in [0.5, 0.6) is 0 Å². The van der Waals surface area contributed by atoms with E-state index >= 15 is 0 Å². The Labute approximate surface area is 165 Å². The Bertz CT molecular complexity index is 763. The van der Waals surface area contributed by atoms with Crippen LogP contribution in [-0.2, 0) is 17.9 Å². The molecule has 1 unspecified atom stereocenters. The Morgan fingerprint density at radius 3 is 2.56 bits per heavy atom. The molecule has 0 saturated carbocycles. The number of carbonyl (C=O) groups is 1. The lowest BCUT2D eigenvalue weighted by molar-refractivity contribution is 0.112. The van der Waals surface area contributed by atoms with Gasteiger partial charge in [0.05, 0.1) is 11.6 Å². The largest absolute Gasteiger partial charge is 0.598 e. The van der Waals surface area contributed by atoms with Crippen molar-refractivity contribution < 1.29 is 9.35 Å². The summed E-state index contributed by atoms with van der Waals surface area (Å²) in [6.07, 6.45) is 0.818. The van der Waals surface area contributed by atoms with Gasteiger partial charge in [-0.3, -0.25) is 4.79 Å². The molecule has 134 valence electrons. The summed E-state index contributed by atoms with van der Waals surface area (Å²) in [5.74, 6) is 0. The Hall–Kier alpha value is -0.690. The van der Waals surface area contributed by atoms with Crippen LogP contribution in [0.15, 0.2) is 46.2 Å². The predicted molar refractivity (Wildman–Crippen MR) is 107 cm³/mol. The van der Waals surface area contributed by atoms with Gasteiger partial charge in [-0.15, -0.1) is 4.72 Å². The van der Waals surface area contributed by atoms with Crippen LogP contribution in [0.2, 0.25) is 10.0 Å².